The van der Waals surface area contributed by atoms with Crippen molar-refractivity contribution in [1.82, 2.24) is 4.98 Å². The molecule has 1 aromatic carbocycles. The molecule has 1 aliphatic rings. The average molecular weight is 249 g/mol. The molecule has 0 spiro atoms. The minimum atomic E-state index is 0.281. The largest absolute Gasteiger partial charge is 0.326 e. The predicted octanol–water partition coefficient (Wildman–Crippen LogP) is 2.51. The van der Waals surface area contributed by atoms with Gasteiger partial charge in [0.15, 0.2) is 0 Å². The SMILES string of the molecule is NC1CCCCC1N.c1ccc2scnc2c1. The van der Waals surface area contributed by atoms with Gasteiger partial charge in [-0.05, 0) is 25.0 Å². The second kappa shape index (κ2) is 6.10. The van der Waals surface area contributed by atoms with E-state index in [9.17, 15) is 0 Å². The van der Waals surface area contributed by atoms with Crippen LogP contribution >= 0.6 is 11.3 Å². The zero-order valence-electron chi connectivity index (χ0n) is 9.88. The van der Waals surface area contributed by atoms with Gasteiger partial charge in [-0.15, -0.1) is 11.3 Å². The monoisotopic (exact) mass is 249 g/mol. The standard InChI is InChI=1S/C7H5NS.C6H14N2/c1-2-4-7-6(3-1)8-5-9-7;7-5-3-1-2-4-6(5)8/h1-5H;5-6H,1-4,7-8H2. The summed E-state index contributed by atoms with van der Waals surface area (Å²) in [6.07, 6.45) is 4.80. The summed E-state index contributed by atoms with van der Waals surface area (Å²) in [7, 11) is 0. The Balaban J connectivity index is 0.000000128. The molecule has 3 nitrogen and oxygen atoms in total. The Labute approximate surface area is 106 Å². The first kappa shape index (κ1) is 12.5. The van der Waals surface area contributed by atoms with Crippen LogP contribution in [-0.2, 0) is 0 Å². The molecule has 2 unspecified atom stereocenters. The van der Waals surface area contributed by atoms with Gasteiger partial charge in [0.1, 0.15) is 0 Å². The number of rotatable bonds is 0. The molecular weight excluding hydrogens is 230 g/mol. The number of nitrogens with zero attached hydrogens (tertiary/aromatic N) is 1. The van der Waals surface area contributed by atoms with Crippen LogP contribution in [0.15, 0.2) is 29.8 Å². The molecule has 0 radical (unpaired) electrons. The Morgan fingerprint density at radius 2 is 1.71 bits per heavy atom. The smallest absolute Gasteiger partial charge is 0.0812 e. The van der Waals surface area contributed by atoms with Crippen molar-refractivity contribution in [2.75, 3.05) is 0 Å². The van der Waals surface area contributed by atoms with Crippen molar-refractivity contribution in [3.8, 4) is 0 Å². The molecule has 2 atom stereocenters. The minimum Gasteiger partial charge on any atom is -0.326 e. The number of para-hydroxylation sites is 1. The maximum atomic E-state index is 5.65. The van der Waals surface area contributed by atoms with Crippen molar-refractivity contribution in [1.29, 1.82) is 0 Å². The summed E-state index contributed by atoms with van der Waals surface area (Å²) in [5.74, 6) is 0. The van der Waals surface area contributed by atoms with Gasteiger partial charge in [-0.3, -0.25) is 0 Å². The van der Waals surface area contributed by atoms with E-state index >= 15 is 0 Å². The van der Waals surface area contributed by atoms with E-state index in [1.807, 2.05) is 23.7 Å². The molecular formula is C13H19N3S. The summed E-state index contributed by atoms with van der Waals surface area (Å²) in [4.78, 5) is 4.14. The zero-order chi connectivity index (χ0) is 12.1. The summed E-state index contributed by atoms with van der Waals surface area (Å²) >= 11 is 1.68. The molecule has 1 heterocycles. The highest BCUT2D eigenvalue weighted by Gasteiger charge is 2.16. The molecule has 1 aliphatic carbocycles. The molecule has 4 heteroatoms. The quantitative estimate of drug-likeness (QED) is 0.754. The lowest BCUT2D eigenvalue weighted by molar-refractivity contribution is 0.385. The zero-order valence-corrected chi connectivity index (χ0v) is 10.7. The van der Waals surface area contributed by atoms with E-state index in [0.29, 0.717) is 0 Å². The van der Waals surface area contributed by atoms with Crippen molar-refractivity contribution >= 4 is 21.6 Å². The Bertz CT molecular complexity index is 414. The molecule has 0 bridgehead atoms. The summed E-state index contributed by atoms with van der Waals surface area (Å²) in [6.45, 7) is 0. The molecule has 3 rings (SSSR count). The van der Waals surface area contributed by atoms with Crippen LogP contribution < -0.4 is 11.5 Å². The van der Waals surface area contributed by atoms with Gasteiger partial charge in [-0.1, -0.05) is 25.0 Å². The van der Waals surface area contributed by atoms with Gasteiger partial charge >= 0.3 is 0 Å². The van der Waals surface area contributed by atoms with E-state index < -0.39 is 0 Å². The molecule has 1 aromatic heterocycles. The van der Waals surface area contributed by atoms with Crippen molar-refractivity contribution in [3.05, 3.63) is 29.8 Å². The molecule has 0 aliphatic heterocycles. The second-order valence-corrected chi connectivity index (χ2v) is 5.32. The summed E-state index contributed by atoms with van der Waals surface area (Å²) in [5.41, 5.74) is 14.3. The first-order valence-corrected chi connectivity index (χ1v) is 6.95. The van der Waals surface area contributed by atoms with E-state index in [-0.39, 0.29) is 12.1 Å². The maximum Gasteiger partial charge on any atom is 0.0812 e. The van der Waals surface area contributed by atoms with Gasteiger partial charge < -0.3 is 11.5 Å². The highest BCUT2D eigenvalue weighted by atomic mass is 32.1. The van der Waals surface area contributed by atoms with Crippen LogP contribution in [0.2, 0.25) is 0 Å². The van der Waals surface area contributed by atoms with Gasteiger partial charge in [-0.2, -0.15) is 0 Å². The van der Waals surface area contributed by atoms with E-state index in [0.717, 1.165) is 18.4 Å². The number of thiazole rings is 1. The van der Waals surface area contributed by atoms with E-state index in [4.69, 9.17) is 11.5 Å². The Kier molecular flexibility index (Phi) is 4.48. The predicted molar refractivity (Wildman–Crippen MR) is 74.0 cm³/mol. The Hall–Kier alpha value is -0.970. The maximum absolute atomic E-state index is 5.65. The number of nitrogens with two attached hydrogens (primary N) is 2. The average Bonchev–Trinajstić information content (AvgIpc) is 2.82. The van der Waals surface area contributed by atoms with Crippen molar-refractivity contribution in [2.24, 2.45) is 11.5 Å². The van der Waals surface area contributed by atoms with Crippen LogP contribution in [0.5, 0.6) is 0 Å². The van der Waals surface area contributed by atoms with Crippen LogP contribution in [0.1, 0.15) is 25.7 Å². The Morgan fingerprint density at radius 3 is 2.29 bits per heavy atom. The van der Waals surface area contributed by atoms with Crippen LogP contribution in [0.3, 0.4) is 0 Å². The van der Waals surface area contributed by atoms with Gasteiger partial charge in [0.2, 0.25) is 0 Å². The van der Waals surface area contributed by atoms with Crippen LogP contribution in [0.4, 0.5) is 0 Å². The van der Waals surface area contributed by atoms with Gasteiger partial charge in [-0.25, -0.2) is 4.98 Å². The fourth-order valence-electron chi connectivity index (χ4n) is 1.99. The molecule has 2 aromatic rings. The minimum absolute atomic E-state index is 0.281. The second-order valence-electron chi connectivity index (χ2n) is 4.43. The lowest BCUT2D eigenvalue weighted by Gasteiger charge is -2.24. The molecule has 0 saturated heterocycles. The molecule has 4 N–H and O–H groups in total. The first-order valence-electron chi connectivity index (χ1n) is 6.07. The molecule has 17 heavy (non-hydrogen) atoms. The molecule has 1 saturated carbocycles. The third-order valence-electron chi connectivity index (χ3n) is 3.11. The normalized spacial score (nSPS) is 24.1. The third kappa shape index (κ3) is 3.49. The number of hydrogen-bond acceptors (Lipinski definition) is 4. The van der Waals surface area contributed by atoms with Gasteiger partial charge in [0.05, 0.1) is 15.7 Å². The van der Waals surface area contributed by atoms with Gasteiger partial charge in [0.25, 0.3) is 0 Å². The first-order chi connectivity index (χ1) is 8.27. The number of benzene rings is 1. The topological polar surface area (TPSA) is 64.9 Å². The van der Waals surface area contributed by atoms with Crippen LogP contribution in [-0.4, -0.2) is 17.1 Å². The summed E-state index contributed by atoms with van der Waals surface area (Å²) in [6, 6.07) is 8.69. The van der Waals surface area contributed by atoms with Crippen molar-refractivity contribution in [2.45, 2.75) is 37.8 Å². The third-order valence-corrected chi connectivity index (χ3v) is 3.92. The number of hydrogen-bond donors (Lipinski definition) is 2. The van der Waals surface area contributed by atoms with E-state index in [1.165, 1.54) is 17.5 Å². The highest BCUT2D eigenvalue weighted by molar-refractivity contribution is 7.16. The number of fused-ring (bicyclic) bond motifs is 1. The van der Waals surface area contributed by atoms with E-state index in [2.05, 4.69) is 11.1 Å². The van der Waals surface area contributed by atoms with E-state index in [1.54, 1.807) is 11.3 Å². The molecule has 0 amide bonds. The fraction of sp³-hybridized carbons (Fsp3) is 0.462. The van der Waals surface area contributed by atoms with Crippen molar-refractivity contribution < 1.29 is 0 Å². The fourth-order valence-corrected chi connectivity index (χ4v) is 2.67. The highest BCUT2D eigenvalue weighted by Crippen LogP contribution is 2.15. The summed E-state index contributed by atoms with van der Waals surface area (Å²) in [5, 5.41) is 0. The number of aromatic nitrogens is 1. The molecule has 92 valence electrons. The summed E-state index contributed by atoms with van der Waals surface area (Å²) < 4.78 is 1.26. The molecule has 1 fully saturated rings. The van der Waals surface area contributed by atoms with Crippen molar-refractivity contribution in [3.63, 3.8) is 0 Å². The lowest BCUT2D eigenvalue weighted by Crippen LogP contribution is -2.43. The Morgan fingerprint density at radius 1 is 1.06 bits per heavy atom. The lowest BCUT2D eigenvalue weighted by atomic mass is 9.92. The van der Waals surface area contributed by atoms with Crippen LogP contribution in [0.25, 0.3) is 10.2 Å². The van der Waals surface area contributed by atoms with Crippen LogP contribution in [0, 0.1) is 0 Å². The van der Waals surface area contributed by atoms with Gasteiger partial charge in [0, 0.05) is 12.1 Å².